The van der Waals surface area contributed by atoms with E-state index in [-0.39, 0.29) is 24.4 Å². The fourth-order valence-corrected chi connectivity index (χ4v) is 3.61. The lowest BCUT2D eigenvalue weighted by Gasteiger charge is -2.34. The molecular formula is C17H18Cl2FN3O. The number of nitrogens with zero attached hydrogens (tertiary/aromatic N) is 3. The lowest BCUT2D eigenvalue weighted by Crippen LogP contribution is -2.43. The summed E-state index contributed by atoms with van der Waals surface area (Å²) in [5.41, 5.74) is 2.51. The van der Waals surface area contributed by atoms with Crippen LogP contribution in [-0.2, 0) is 31.2 Å². The van der Waals surface area contributed by atoms with Gasteiger partial charge in [-0.05, 0) is 30.5 Å². The van der Waals surface area contributed by atoms with Gasteiger partial charge in [0.1, 0.15) is 11.7 Å². The first-order valence-corrected chi connectivity index (χ1v) is 8.70. The summed E-state index contributed by atoms with van der Waals surface area (Å²) >= 11 is 11.9. The summed E-state index contributed by atoms with van der Waals surface area (Å²) in [4.78, 5) is 14.0. The average molecular weight is 370 g/mol. The number of halogens is 3. The molecule has 1 unspecified atom stereocenters. The van der Waals surface area contributed by atoms with Gasteiger partial charge in [-0.1, -0.05) is 17.7 Å². The van der Waals surface area contributed by atoms with Gasteiger partial charge in [0.05, 0.1) is 12.2 Å². The number of hydrogen-bond donors (Lipinski definition) is 0. The van der Waals surface area contributed by atoms with Crippen LogP contribution < -0.4 is 0 Å². The highest BCUT2D eigenvalue weighted by atomic mass is 35.5. The molecule has 0 bridgehead atoms. The van der Waals surface area contributed by atoms with Crippen LogP contribution in [0.15, 0.2) is 24.4 Å². The molecule has 1 aliphatic rings. The van der Waals surface area contributed by atoms with Crippen molar-refractivity contribution >= 4 is 29.1 Å². The minimum atomic E-state index is -0.413. The van der Waals surface area contributed by atoms with Crippen molar-refractivity contribution in [2.75, 3.05) is 5.88 Å². The van der Waals surface area contributed by atoms with E-state index in [0.29, 0.717) is 17.0 Å². The van der Waals surface area contributed by atoms with Crippen molar-refractivity contribution in [2.24, 2.45) is 7.05 Å². The molecule has 1 aromatic carbocycles. The van der Waals surface area contributed by atoms with Crippen LogP contribution in [0.3, 0.4) is 0 Å². The Morgan fingerprint density at radius 1 is 1.50 bits per heavy atom. The monoisotopic (exact) mass is 369 g/mol. The Morgan fingerprint density at radius 3 is 3.00 bits per heavy atom. The summed E-state index contributed by atoms with van der Waals surface area (Å²) in [6.45, 7) is 0.115. The molecule has 0 radical (unpaired) electrons. The van der Waals surface area contributed by atoms with Crippen LogP contribution in [0, 0.1) is 5.82 Å². The molecule has 1 atom stereocenters. The third-order valence-corrected chi connectivity index (χ3v) is 5.02. The maximum atomic E-state index is 14.1. The van der Waals surface area contributed by atoms with E-state index >= 15 is 0 Å². The fourth-order valence-electron chi connectivity index (χ4n) is 3.23. The number of carbonyl (C=O) groups excluding carboxylic acids is 1. The Morgan fingerprint density at radius 2 is 2.29 bits per heavy atom. The first kappa shape index (κ1) is 17.2. The third-order valence-electron chi connectivity index (χ3n) is 4.43. The van der Waals surface area contributed by atoms with Gasteiger partial charge in [-0.3, -0.25) is 9.48 Å². The Balaban J connectivity index is 1.86. The second kappa shape index (κ2) is 7.11. The Bertz CT molecular complexity index is 742. The molecule has 0 fully saturated rings. The van der Waals surface area contributed by atoms with Crippen molar-refractivity contribution in [1.82, 2.24) is 14.7 Å². The number of hydrogen-bond acceptors (Lipinski definition) is 2. The maximum Gasteiger partial charge on any atom is 0.238 e. The van der Waals surface area contributed by atoms with Gasteiger partial charge in [0.2, 0.25) is 5.91 Å². The van der Waals surface area contributed by atoms with Gasteiger partial charge >= 0.3 is 0 Å². The van der Waals surface area contributed by atoms with E-state index in [1.54, 1.807) is 21.7 Å². The van der Waals surface area contributed by atoms with Gasteiger partial charge in [-0.15, -0.1) is 11.6 Å². The smallest absolute Gasteiger partial charge is 0.238 e. The van der Waals surface area contributed by atoms with Crippen molar-refractivity contribution in [3.8, 4) is 0 Å². The largest absolute Gasteiger partial charge is 0.334 e. The van der Waals surface area contributed by atoms with Crippen LogP contribution in [0.2, 0.25) is 5.02 Å². The molecule has 0 saturated heterocycles. The average Bonchev–Trinajstić information content (AvgIpc) is 2.93. The predicted molar refractivity (Wildman–Crippen MR) is 91.7 cm³/mol. The molecule has 7 heteroatoms. The molecule has 0 N–H and O–H groups in total. The quantitative estimate of drug-likeness (QED) is 0.775. The van der Waals surface area contributed by atoms with Crippen molar-refractivity contribution in [1.29, 1.82) is 0 Å². The summed E-state index contributed by atoms with van der Waals surface area (Å²) < 4.78 is 15.9. The molecule has 4 nitrogen and oxygen atoms in total. The number of aryl methyl sites for hydroxylation is 2. The molecule has 0 saturated carbocycles. The number of fused-ring (bicyclic) bond motifs is 1. The van der Waals surface area contributed by atoms with Gasteiger partial charge < -0.3 is 4.90 Å². The zero-order valence-electron chi connectivity index (χ0n) is 13.3. The van der Waals surface area contributed by atoms with Crippen LogP contribution in [0.5, 0.6) is 0 Å². The Hall–Kier alpha value is -1.59. The number of rotatable bonds is 4. The van der Waals surface area contributed by atoms with Gasteiger partial charge in [-0.2, -0.15) is 5.10 Å². The van der Waals surface area contributed by atoms with Gasteiger partial charge in [0.25, 0.3) is 0 Å². The van der Waals surface area contributed by atoms with Gasteiger partial charge in [-0.25, -0.2) is 4.39 Å². The van der Waals surface area contributed by atoms with E-state index in [4.69, 9.17) is 23.2 Å². The first-order chi connectivity index (χ1) is 11.5. The zero-order chi connectivity index (χ0) is 17.3. The highest BCUT2D eigenvalue weighted by Crippen LogP contribution is 2.27. The summed E-state index contributed by atoms with van der Waals surface area (Å²) in [6, 6.07) is 4.47. The lowest BCUT2D eigenvalue weighted by atomic mass is 9.92. The van der Waals surface area contributed by atoms with Crippen molar-refractivity contribution in [2.45, 2.75) is 31.8 Å². The van der Waals surface area contributed by atoms with Crippen LogP contribution in [0.1, 0.15) is 23.2 Å². The molecule has 1 amide bonds. The van der Waals surface area contributed by atoms with E-state index in [0.717, 1.165) is 18.5 Å². The number of benzene rings is 1. The van der Waals surface area contributed by atoms with Gasteiger partial charge in [0.15, 0.2) is 0 Å². The van der Waals surface area contributed by atoms with Crippen molar-refractivity contribution < 1.29 is 9.18 Å². The van der Waals surface area contributed by atoms with Crippen LogP contribution in [0.4, 0.5) is 4.39 Å². The summed E-state index contributed by atoms with van der Waals surface area (Å²) in [6.07, 6.45) is 4.29. The number of alkyl halides is 1. The summed E-state index contributed by atoms with van der Waals surface area (Å²) in [5, 5.41) is 4.77. The molecule has 3 rings (SSSR count). The first-order valence-electron chi connectivity index (χ1n) is 7.79. The predicted octanol–water partition coefficient (Wildman–Crippen LogP) is 3.34. The van der Waals surface area contributed by atoms with E-state index in [9.17, 15) is 9.18 Å². The molecular weight excluding hydrogens is 352 g/mol. The normalized spacial score (nSPS) is 16.8. The van der Waals surface area contributed by atoms with E-state index in [1.165, 1.54) is 11.6 Å². The minimum absolute atomic E-state index is 0.0608. The van der Waals surface area contributed by atoms with E-state index in [2.05, 4.69) is 5.10 Å². The highest BCUT2D eigenvalue weighted by Gasteiger charge is 2.30. The molecule has 0 spiro atoms. The molecule has 1 aromatic heterocycles. The molecule has 2 aromatic rings. The second-order valence-electron chi connectivity index (χ2n) is 6.03. The highest BCUT2D eigenvalue weighted by molar-refractivity contribution is 6.31. The SMILES string of the molecule is Cn1cc2c(n1)CC(N(Cc1c(F)cccc1Cl)C(=O)CCl)CC2. The topological polar surface area (TPSA) is 38.1 Å². The second-order valence-corrected chi connectivity index (χ2v) is 6.70. The van der Waals surface area contributed by atoms with E-state index in [1.807, 2.05) is 13.2 Å². The van der Waals surface area contributed by atoms with Crippen LogP contribution >= 0.6 is 23.2 Å². The Kier molecular flexibility index (Phi) is 5.11. The summed E-state index contributed by atoms with van der Waals surface area (Å²) in [7, 11) is 1.88. The third kappa shape index (κ3) is 3.42. The Labute approximate surface area is 150 Å². The summed E-state index contributed by atoms with van der Waals surface area (Å²) in [5.74, 6) is -0.776. The van der Waals surface area contributed by atoms with Crippen LogP contribution in [-0.4, -0.2) is 32.5 Å². The maximum absolute atomic E-state index is 14.1. The standard InChI is InChI=1S/C17H18Cl2FN3O/c1-22-9-11-5-6-12(7-16(11)21-22)23(17(24)8-18)10-13-14(19)3-2-4-15(13)20/h2-4,9,12H,5-8,10H2,1H3. The minimum Gasteiger partial charge on any atom is -0.334 e. The van der Waals surface area contributed by atoms with Crippen molar-refractivity contribution in [3.63, 3.8) is 0 Å². The molecule has 1 aliphatic carbocycles. The molecule has 128 valence electrons. The molecule has 24 heavy (non-hydrogen) atoms. The van der Waals surface area contributed by atoms with Gasteiger partial charge in [0, 0.05) is 36.3 Å². The van der Waals surface area contributed by atoms with E-state index < -0.39 is 5.82 Å². The number of aromatic nitrogens is 2. The molecule has 0 aliphatic heterocycles. The lowest BCUT2D eigenvalue weighted by molar-refractivity contribution is -0.131. The number of carbonyl (C=O) groups is 1. The zero-order valence-corrected chi connectivity index (χ0v) is 14.8. The van der Waals surface area contributed by atoms with Crippen LogP contribution in [0.25, 0.3) is 0 Å². The molecule has 1 heterocycles. The van der Waals surface area contributed by atoms with Crippen molar-refractivity contribution in [3.05, 3.63) is 52.1 Å². The number of amides is 1. The fraction of sp³-hybridized carbons (Fsp3) is 0.412.